The molecule has 0 spiro atoms. The summed E-state index contributed by atoms with van der Waals surface area (Å²) in [6, 6.07) is 9.15. The molecule has 0 aliphatic carbocycles. The van der Waals surface area contributed by atoms with E-state index in [1.807, 2.05) is 0 Å². The molecule has 1 rings (SSSR count). The van der Waals surface area contributed by atoms with Gasteiger partial charge < -0.3 is 10.2 Å². The summed E-state index contributed by atoms with van der Waals surface area (Å²) in [4.78, 5) is 2.42. The van der Waals surface area contributed by atoms with Crippen LogP contribution in [0, 0.1) is 0 Å². The Balaban J connectivity index is 2.90. The van der Waals surface area contributed by atoms with E-state index in [1.165, 1.54) is 17.7 Å². The molecule has 1 aromatic rings. The van der Waals surface area contributed by atoms with E-state index in [2.05, 4.69) is 62.2 Å². The Morgan fingerprint density at radius 1 is 1.12 bits per heavy atom. The van der Waals surface area contributed by atoms with Crippen molar-refractivity contribution in [1.29, 1.82) is 0 Å². The van der Waals surface area contributed by atoms with Crippen molar-refractivity contribution in [2.24, 2.45) is 0 Å². The van der Waals surface area contributed by atoms with Gasteiger partial charge in [-0.2, -0.15) is 0 Å². The highest BCUT2D eigenvalue weighted by molar-refractivity contribution is 5.54. The molecular weight excluding hydrogens is 208 g/mol. The van der Waals surface area contributed by atoms with Gasteiger partial charge >= 0.3 is 0 Å². The van der Waals surface area contributed by atoms with Gasteiger partial charge in [0.25, 0.3) is 0 Å². The Hall–Kier alpha value is -1.02. The van der Waals surface area contributed by atoms with Crippen LogP contribution in [0.25, 0.3) is 0 Å². The molecule has 1 atom stereocenters. The van der Waals surface area contributed by atoms with Gasteiger partial charge in [0, 0.05) is 24.8 Å². The van der Waals surface area contributed by atoms with Gasteiger partial charge in [0.2, 0.25) is 0 Å². The van der Waals surface area contributed by atoms with Crippen molar-refractivity contribution in [2.75, 3.05) is 24.5 Å². The lowest BCUT2D eigenvalue weighted by Gasteiger charge is -2.27. The average molecular weight is 234 g/mol. The van der Waals surface area contributed by atoms with Crippen LogP contribution >= 0.6 is 0 Å². The van der Waals surface area contributed by atoms with Crippen molar-refractivity contribution >= 4 is 5.69 Å². The number of para-hydroxylation sites is 1. The van der Waals surface area contributed by atoms with Gasteiger partial charge in [-0.25, -0.2) is 0 Å². The van der Waals surface area contributed by atoms with E-state index in [1.54, 1.807) is 0 Å². The third-order valence-corrected chi connectivity index (χ3v) is 3.21. The predicted molar refractivity (Wildman–Crippen MR) is 76.7 cm³/mol. The standard InChI is InChI=1S/C15H26N2/c1-5-12-16-13(4)14-10-8-9-11-15(14)17(6-2)7-3/h8-11,13,16H,5-7,12H2,1-4H3. The lowest BCUT2D eigenvalue weighted by molar-refractivity contribution is 0.569. The summed E-state index contributed by atoms with van der Waals surface area (Å²) in [5.41, 5.74) is 2.78. The first kappa shape index (κ1) is 14.0. The zero-order valence-corrected chi connectivity index (χ0v) is 11.7. The second-order valence-corrected chi connectivity index (χ2v) is 4.41. The molecular formula is C15H26N2. The van der Waals surface area contributed by atoms with Crippen LogP contribution in [0.5, 0.6) is 0 Å². The molecule has 0 aromatic heterocycles. The second kappa shape index (κ2) is 7.33. The molecule has 0 fully saturated rings. The van der Waals surface area contributed by atoms with Gasteiger partial charge in [0.05, 0.1) is 0 Å². The fourth-order valence-electron chi connectivity index (χ4n) is 2.18. The molecule has 0 radical (unpaired) electrons. The maximum Gasteiger partial charge on any atom is 0.0414 e. The zero-order chi connectivity index (χ0) is 12.7. The van der Waals surface area contributed by atoms with E-state index in [9.17, 15) is 0 Å². The summed E-state index contributed by atoms with van der Waals surface area (Å²) in [6.07, 6.45) is 1.18. The number of nitrogens with zero attached hydrogens (tertiary/aromatic N) is 1. The fraction of sp³-hybridized carbons (Fsp3) is 0.600. The summed E-state index contributed by atoms with van der Waals surface area (Å²) in [5.74, 6) is 0. The van der Waals surface area contributed by atoms with Crippen molar-refractivity contribution < 1.29 is 0 Å². The minimum absolute atomic E-state index is 0.423. The zero-order valence-electron chi connectivity index (χ0n) is 11.7. The first-order valence-electron chi connectivity index (χ1n) is 6.81. The van der Waals surface area contributed by atoms with Crippen molar-refractivity contribution in [3.8, 4) is 0 Å². The molecule has 1 unspecified atom stereocenters. The van der Waals surface area contributed by atoms with E-state index in [4.69, 9.17) is 0 Å². The monoisotopic (exact) mass is 234 g/mol. The number of rotatable bonds is 7. The number of anilines is 1. The molecule has 0 aliphatic heterocycles. The summed E-state index contributed by atoms with van der Waals surface area (Å²) >= 11 is 0. The Morgan fingerprint density at radius 3 is 2.35 bits per heavy atom. The third kappa shape index (κ3) is 3.74. The number of benzene rings is 1. The fourth-order valence-corrected chi connectivity index (χ4v) is 2.18. The van der Waals surface area contributed by atoms with Crippen molar-refractivity contribution in [2.45, 2.75) is 40.2 Å². The van der Waals surface area contributed by atoms with E-state index in [-0.39, 0.29) is 0 Å². The first-order chi connectivity index (χ1) is 8.24. The molecule has 0 heterocycles. The van der Waals surface area contributed by atoms with Crippen LogP contribution in [0.15, 0.2) is 24.3 Å². The lowest BCUT2D eigenvalue weighted by Crippen LogP contribution is -2.26. The Kier molecular flexibility index (Phi) is 6.06. The van der Waals surface area contributed by atoms with Crippen LogP contribution < -0.4 is 10.2 Å². The van der Waals surface area contributed by atoms with E-state index in [0.29, 0.717) is 6.04 Å². The molecule has 0 saturated carbocycles. The summed E-state index contributed by atoms with van der Waals surface area (Å²) < 4.78 is 0. The molecule has 2 heteroatoms. The Bertz CT molecular complexity index is 318. The molecule has 2 nitrogen and oxygen atoms in total. The first-order valence-corrected chi connectivity index (χ1v) is 6.81. The maximum atomic E-state index is 3.57. The highest BCUT2D eigenvalue weighted by Gasteiger charge is 2.12. The topological polar surface area (TPSA) is 15.3 Å². The molecule has 17 heavy (non-hydrogen) atoms. The predicted octanol–water partition coefficient (Wildman–Crippen LogP) is 3.59. The quantitative estimate of drug-likeness (QED) is 0.775. The third-order valence-electron chi connectivity index (χ3n) is 3.21. The largest absolute Gasteiger partial charge is 0.372 e. The SMILES string of the molecule is CCCNC(C)c1ccccc1N(CC)CC. The molecule has 1 N–H and O–H groups in total. The molecule has 0 amide bonds. The van der Waals surface area contributed by atoms with Crippen molar-refractivity contribution in [3.05, 3.63) is 29.8 Å². The molecule has 1 aromatic carbocycles. The van der Waals surface area contributed by atoms with Crippen molar-refractivity contribution in [3.63, 3.8) is 0 Å². The van der Waals surface area contributed by atoms with E-state index < -0.39 is 0 Å². The van der Waals surface area contributed by atoms with Crippen LogP contribution in [-0.4, -0.2) is 19.6 Å². The van der Waals surface area contributed by atoms with Crippen molar-refractivity contribution in [1.82, 2.24) is 5.32 Å². The average Bonchev–Trinajstić information content (AvgIpc) is 2.38. The molecule has 96 valence electrons. The van der Waals surface area contributed by atoms with Crippen LogP contribution in [0.2, 0.25) is 0 Å². The van der Waals surface area contributed by atoms with Crippen LogP contribution in [-0.2, 0) is 0 Å². The molecule has 0 aliphatic rings. The van der Waals surface area contributed by atoms with Crippen LogP contribution in [0.4, 0.5) is 5.69 Å². The Labute approximate surface area is 106 Å². The number of hydrogen-bond acceptors (Lipinski definition) is 2. The van der Waals surface area contributed by atoms with Gasteiger partial charge in [-0.3, -0.25) is 0 Å². The number of nitrogens with one attached hydrogen (secondary N) is 1. The summed E-state index contributed by atoms with van der Waals surface area (Å²) in [7, 11) is 0. The van der Waals surface area contributed by atoms with Gasteiger partial charge in [-0.05, 0) is 45.4 Å². The lowest BCUT2D eigenvalue weighted by atomic mass is 10.0. The second-order valence-electron chi connectivity index (χ2n) is 4.41. The normalized spacial score (nSPS) is 12.5. The molecule has 0 saturated heterocycles. The van der Waals surface area contributed by atoms with Gasteiger partial charge in [-0.15, -0.1) is 0 Å². The van der Waals surface area contributed by atoms with Gasteiger partial charge in [0.1, 0.15) is 0 Å². The van der Waals surface area contributed by atoms with E-state index >= 15 is 0 Å². The summed E-state index contributed by atoms with van der Waals surface area (Å²) in [6.45, 7) is 12.1. The molecule has 0 bridgehead atoms. The van der Waals surface area contributed by atoms with Crippen LogP contribution in [0.1, 0.15) is 45.7 Å². The highest BCUT2D eigenvalue weighted by Crippen LogP contribution is 2.25. The number of hydrogen-bond donors (Lipinski definition) is 1. The van der Waals surface area contributed by atoms with Gasteiger partial charge in [0.15, 0.2) is 0 Å². The highest BCUT2D eigenvalue weighted by atomic mass is 15.1. The minimum atomic E-state index is 0.423. The van der Waals surface area contributed by atoms with Gasteiger partial charge in [-0.1, -0.05) is 25.1 Å². The van der Waals surface area contributed by atoms with Crippen LogP contribution in [0.3, 0.4) is 0 Å². The Morgan fingerprint density at radius 2 is 1.76 bits per heavy atom. The minimum Gasteiger partial charge on any atom is -0.372 e. The smallest absolute Gasteiger partial charge is 0.0414 e. The maximum absolute atomic E-state index is 3.57. The van der Waals surface area contributed by atoms with E-state index in [0.717, 1.165) is 19.6 Å². The summed E-state index contributed by atoms with van der Waals surface area (Å²) in [5, 5.41) is 3.57.